The monoisotopic (exact) mass is 241 g/mol. The van der Waals surface area contributed by atoms with E-state index in [9.17, 15) is 0 Å². The van der Waals surface area contributed by atoms with Crippen LogP contribution in [0.5, 0.6) is 11.5 Å². The summed E-state index contributed by atoms with van der Waals surface area (Å²) in [6.07, 6.45) is 6.91. The van der Waals surface area contributed by atoms with E-state index >= 15 is 0 Å². The molecule has 2 rings (SSSR count). The molecule has 83 valence electrons. The van der Waals surface area contributed by atoms with E-state index in [1.54, 1.807) is 18.6 Å². The van der Waals surface area contributed by atoms with Gasteiger partial charge in [-0.25, -0.2) is 0 Å². The maximum absolute atomic E-state index is 5.80. The number of ether oxygens (including phenoxy) is 1. The van der Waals surface area contributed by atoms with Gasteiger partial charge in [0.1, 0.15) is 11.5 Å². The molecule has 0 spiro atoms. The fourth-order valence-corrected chi connectivity index (χ4v) is 1.53. The third-order valence-corrected chi connectivity index (χ3v) is 2.41. The molecule has 0 heterocycles. The smallest absolute Gasteiger partial charge is 0.127 e. The minimum atomic E-state index is 0.687. The van der Waals surface area contributed by atoms with Crippen LogP contribution in [-0.2, 0) is 0 Å². The van der Waals surface area contributed by atoms with Gasteiger partial charge in [0, 0.05) is 5.02 Å². The van der Waals surface area contributed by atoms with Crippen molar-refractivity contribution in [3.8, 4) is 23.8 Å². The number of halogens is 1. The van der Waals surface area contributed by atoms with Crippen LogP contribution in [0.25, 0.3) is 0 Å². The largest absolute Gasteiger partial charge is 0.457 e. The highest BCUT2D eigenvalue weighted by Gasteiger charge is 1.98. The molecule has 0 unspecified atom stereocenters. The van der Waals surface area contributed by atoms with E-state index in [1.165, 1.54) is 0 Å². The molecule has 2 heteroatoms. The molecule has 1 radical (unpaired) electrons. The molecule has 0 aromatic heterocycles. The minimum absolute atomic E-state index is 0.687. The molecular formula is C15H10ClO. The van der Waals surface area contributed by atoms with E-state index in [-0.39, 0.29) is 0 Å². The van der Waals surface area contributed by atoms with E-state index in [2.05, 4.69) is 5.92 Å². The Morgan fingerprint density at radius 1 is 1.06 bits per heavy atom. The van der Waals surface area contributed by atoms with E-state index in [4.69, 9.17) is 22.8 Å². The first-order chi connectivity index (χ1) is 8.28. The minimum Gasteiger partial charge on any atom is -0.457 e. The lowest BCUT2D eigenvalue weighted by Crippen LogP contribution is -1.85. The van der Waals surface area contributed by atoms with Crippen molar-refractivity contribution >= 4 is 11.6 Å². The zero-order valence-corrected chi connectivity index (χ0v) is 9.82. The predicted octanol–water partition coefficient (Wildman–Crippen LogP) is 4.32. The summed E-state index contributed by atoms with van der Waals surface area (Å²) in [5, 5.41) is 0.687. The van der Waals surface area contributed by atoms with Crippen LogP contribution in [-0.4, -0.2) is 0 Å². The van der Waals surface area contributed by atoms with Crippen LogP contribution in [0.3, 0.4) is 0 Å². The molecule has 0 atom stereocenters. The van der Waals surface area contributed by atoms with Crippen LogP contribution in [0.4, 0.5) is 0 Å². The number of hydrogen-bond donors (Lipinski definition) is 0. The van der Waals surface area contributed by atoms with E-state index in [0.29, 0.717) is 5.02 Å². The second-order valence-corrected chi connectivity index (χ2v) is 3.88. The van der Waals surface area contributed by atoms with Crippen LogP contribution in [0, 0.1) is 18.8 Å². The first kappa shape index (κ1) is 11.6. The second-order valence-electron chi connectivity index (χ2n) is 3.44. The maximum atomic E-state index is 5.80. The van der Waals surface area contributed by atoms with Gasteiger partial charge in [0.25, 0.3) is 0 Å². The lowest BCUT2D eigenvalue weighted by molar-refractivity contribution is 0.482. The number of rotatable bonds is 3. The average molecular weight is 242 g/mol. The average Bonchev–Trinajstić information content (AvgIpc) is 2.33. The van der Waals surface area contributed by atoms with Crippen molar-refractivity contribution in [3.05, 3.63) is 65.5 Å². The van der Waals surface area contributed by atoms with Gasteiger partial charge in [-0.2, -0.15) is 0 Å². The highest BCUT2D eigenvalue weighted by atomic mass is 35.5. The Morgan fingerprint density at radius 3 is 2.53 bits per heavy atom. The van der Waals surface area contributed by atoms with Crippen molar-refractivity contribution in [1.82, 2.24) is 0 Å². The van der Waals surface area contributed by atoms with Crippen LogP contribution in [0.1, 0.15) is 5.56 Å². The Kier molecular flexibility index (Phi) is 3.69. The normalized spacial score (nSPS) is 9.65. The number of terminal acetylenes is 1. The molecule has 0 amide bonds. The van der Waals surface area contributed by atoms with E-state index < -0.39 is 0 Å². The topological polar surface area (TPSA) is 9.23 Å². The zero-order valence-electron chi connectivity index (χ0n) is 9.06. The molecule has 0 aliphatic rings. The first-order valence-electron chi connectivity index (χ1n) is 5.11. The van der Waals surface area contributed by atoms with Gasteiger partial charge < -0.3 is 4.74 Å². The Balaban J connectivity index is 2.16. The third-order valence-electron chi connectivity index (χ3n) is 2.16. The summed E-state index contributed by atoms with van der Waals surface area (Å²) in [6, 6.07) is 14.8. The van der Waals surface area contributed by atoms with E-state index in [0.717, 1.165) is 17.1 Å². The number of hydrogen-bond acceptors (Lipinski definition) is 1. The lowest BCUT2D eigenvalue weighted by atomic mass is 10.1. The fraction of sp³-hybridized carbons (Fsp3) is 0. The van der Waals surface area contributed by atoms with Gasteiger partial charge in [-0.05, 0) is 42.0 Å². The summed E-state index contributed by atoms with van der Waals surface area (Å²) < 4.78 is 5.67. The molecule has 2 aromatic carbocycles. The molecule has 0 bridgehead atoms. The summed E-state index contributed by atoms with van der Waals surface area (Å²) in [6.45, 7) is 0. The molecule has 0 aliphatic carbocycles. The molecule has 2 aromatic rings. The van der Waals surface area contributed by atoms with Crippen molar-refractivity contribution in [2.24, 2.45) is 0 Å². The highest BCUT2D eigenvalue weighted by molar-refractivity contribution is 6.30. The van der Waals surface area contributed by atoms with Crippen LogP contribution in [0.15, 0.2) is 48.5 Å². The third kappa shape index (κ3) is 3.27. The molecule has 17 heavy (non-hydrogen) atoms. The van der Waals surface area contributed by atoms with Crippen molar-refractivity contribution in [2.45, 2.75) is 0 Å². The molecule has 0 aliphatic heterocycles. The Morgan fingerprint density at radius 2 is 1.82 bits per heavy atom. The molecule has 0 saturated heterocycles. The Bertz CT molecular complexity index is 538. The SMILES string of the molecule is C#C[CH]c1cccc(Oc2ccc(Cl)cc2)c1. The first-order valence-corrected chi connectivity index (χ1v) is 5.48. The molecular weight excluding hydrogens is 232 g/mol. The zero-order chi connectivity index (χ0) is 12.1. The van der Waals surface area contributed by atoms with Crippen LogP contribution < -0.4 is 4.74 Å². The van der Waals surface area contributed by atoms with Crippen LogP contribution in [0.2, 0.25) is 5.02 Å². The number of benzene rings is 2. The van der Waals surface area contributed by atoms with Gasteiger partial charge >= 0.3 is 0 Å². The quantitative estimate of drug-likeness (QED) is 0.728. The van der Waals surface area contributed by atoms with Gasteiger partial charge in [0.2, 0.25) is 0 Å². The van der Waals surface area contributed by atoms with Crippen molar-refractivity contribution in [2.75, 3.05) is 0 Å². The van der Waals surface area contributed by atoms with Crippen LogP contribution >= 0.6 is 11.6 Å². The Hall–Kier alpha value is -1.91. The second kappa shape index (κ2) is 5.43. The predicted molar refractivity (Wildman–Crippen MR) is 70.2 cm³/mol. The van der Waals surface area contributed by atoms with Gasteiger partial charge in [0.05, 0.1) is 6.42 Å². The standard InChI is InChI=1S/C15H10ClO/c1-2-4-12-5-3-6-15(11-12)17-14-9-7-13(16)8-10-14/h1,3-11H. The lowest BCUT2D eigenvalue weighted by Gasteiger charge is -2.06. The van der Waals surface area contributed by atoms with Gasteiger partial charge in [-0.15, -0.1) is 6.42 Å². The van der Waals surface area contributed by atoms with Gasteiger partial charge in [-0.1, -0.05) is 29.7 Å². The van der Waals surface area contributed by atoms with Crippen molar-refractivity contribution in [3.63, 3.8) is 0 Å². The Labute approximate surface area is 106 Å². The van der Waals surface area contributed by atoms with Crippen molar-refractivity contribution < 1.29 is 4.74 Å². The summed E-state index contributed by atoms with van der Waals surface area (Å²) in [4.78, 5) is 0. The summed E-state index contributed by atoms with van der Waals surface area (Å²) in [5.74, 6) is 3.97. The molecule has 1 nitrogen and oxygen atoms in total. The summed E-state index contributed by atoms with van der Waals surface area (Å²) in [7, 11) is 0. The van der Waals surface area contributed by atoms with Gasteiger partial charge in [0.15, 0.2) is 0 Å². The fourth-order valence-electron chi connectivity index (χ4n) is 1.40. The summed E-state index contributed by atoms with van der Waals surface area (Å²) in [5.41, 5.74) is 0.943. The summed E-state index contributed by atoms with van der Waals surface area (Å²) >= 11 is 5.80. The van der Waals surface area contributed by atoms with Crippen molar-refractivity contribution in [1.29, 1.82) is 0 Å². The molecule has 0 saturated carbocycles. The highest BCUT2D eigenvalue weighted by Crippen LogP contribution is 2.24. The molecule has 0 N–H and O–H groups in total. The van der Waals surface area contributed by atoms with Gasteiger partial charge in [-0.3, -0.25) is 0 Å². The van der Waals surface area contributed by atoms with E-state index in [1.807, 2.05) is 36.4 Å². The molecule has 0 fully saturated rings. The maximum Gasteiger partial charge on any atom is 0.127 e.